The highest BCUT2D eigenvalue weighted by Crippen LogP contribution is 2.37. The molecule has 0 aromatic carbocycles. The molecule has 1 atom stereocenters. The van der Waals surface area contributed by atoms with Gasteiger partial charge in [0, 0.05) is 47.4 Å². The molecule has 0 N–H and O–H groups in total. The zero-order valence-corrected chi connectivity index (χ0v) is 20.0. The third kappa shape index (κ3) is 5.89. The number of pyridine rings is 1. The highest BCUT2D eigenvalue weighted by atomic mass is 35.5. The van der Waals surface area contributed by atoms with Crippen LogP contribution in [0.4, 0.5) is 5.82 Å². The molecule has 2 aliphatic heterocycles. The lowest BCUT2D eigenvalue weighted by Gasteiger charge is -2.40. The maximum absolute atomic E-state index is 12.4. The van der Waals surface area contributed by atoms with Crippen LogP contribution < -0.4 is 4.90 Å². The summed E-state index contributed by atoms with van der Waals surface area (Å²) < 4.78 is 5.51. The number of piperidine rings is 1. The summed E-state index contributed by atoms with van der Waals surface area (Å²) in [6.45, 7) is 5.63. The fourth-order valence-electron chi connectivity index (χ4n) is 4.40. The molecule has 2 fully saturated rings. The minimum atomic E-state index is -0.234. The number of carbonyl (C=O) groups is 2. The van der Waals surface area contributed by atoms with Crippen LogP contribution in [-0.2, 0) is 9.53 Å². The zero-order valence-electron chi connectivity index (χ0n) is 19.2. The second kappa shape index (κ2) is 10.2. The molecule has 172 valence electrons. The molecule has 2 saturated heterocycles. The first-order valence-corrected chi connectivity index (χ1v) is 11.6. The van der Waals surface area contributed by atoms with E-state index in [0.717, 1.165) is 64.0 Å². The summed E-state index contributed by atoms with van der Waals surface area (Å²) in [6, 6.07) is 3.65. The number of aromatic nitrogens is 1. The van der Waals surface area contributed by atoms with Gasteiger partial charge >= 0.3 is 0 Å². The summed E-state index contributed by atoms with van der Waals surface area (Å²) in [6.07, 6.45) is 5.81. The molecule has 2 amide bonds. The average Bonchev–Trinajstić information content (AvgIpc) is 3.28. The Morgan fingerprint density at radius 3 is 2.55 bits per heavy atom. The Balaban J connectivity index is 1.47. The smallest absolute Gasteiger partial charge is 0.256 e. The molecule has 0 aliphatic carbocycles. The number of rotatable bonds is 7. The van der Waals surface area contributed by atoms with E-state index in [-0.39, 0.29) is 28.5 Å². The van der Waals surface area contributed by atoms with Gasteiger partial charge in [-0.25, -0.2) is 4.98 Å². The standard InChI is InChI=1S/C23H35ClN4O3/c1-23(10-6-13-27(4)22(30)18-7-5-16-31-18)11-14-28(15-12-23)19-9-8-17(20(24)25-19)21(29)26(2)3/h8-9,18H,5-7,10-16H2,1-4H3. The van der Waals surface area contributed by atoms with Crippen LogP contribution in [0.2, 0.25) is 5.15 Å². The minimum absolute atomic E-state index is 0.122. The third-order valence-corrected chi connectivity index (χ3v) is 6.91. The van der Waals surface area contributed by atoms with Crippen molar-refractivity contribution in [2.75, 3.05) is 52.3 Å². The van der Waals surface area contributed by atoms with E-state index < -0.39 is 0 Å². The quantitative estimate of drug-likeness (QED) is 0.595. The Morgan fingerprint density at radius 2 is 1.97 bits per heavy atom. The van der Waals surface area contributed by atoms with E-state index in [9.17, 15) is 9.59 Å². The molecule has 8 heteroatoms. The Hall–Kier alpha value is -1.86. The van der Waals surface area contributed by atoms with E-state index in [1.54, 1.807) is 20.2 Å². The van der Waals surface area contributed by atoms with Crippen LogP contribution in [0.15, 0.2) is 12.1 Å². The molecular formula is C23H35ClN4O3. The normalized spacial score (nSPS) is 20.5. The summed E-state index contributed by atoms with van der Waals surface area (Å²) in [5.74, 6) is 0.805. The van der Waals surface area contributed by atoms with Crippen molar-refractivity contribution in [3.63, 3.8) is 0 Å². The van der Waals surface area contributed by atoms with Crippen LogP contribution in [-0.4, -0.2) is 80.1 Å². The molecule has 1 aromatic rings. The third-order valence-electron chi connectivity index (χ3n) is 6.62. The number of carbonyl (C=O) groups excluding carboxylic acids is 2. The van der Waals surface area contributed by atoms with Crippen LogP contribution in [0.25, 0.3) is 0 Å². The van der Waals surface area contributed by atoms with Gasteiger partial charge in [0.05, 0.1) is 5.56 Å². The van der Waals surface area contributed by atoms with Gasteiger partial charge in [0.15, 0.2) is 0 Å². The van der Waals surface area contributed by atoms with Gasteiger partial charge in [0.2, 0.25) is 0 Å². The Morgan fingerprint density at radius 1 is 1.26 bits per heavy atom. The number of ether oxygens (including phenoxy) is 1. The van der Waals surface area contributed by atoms with Crippen molar-refractivity contribution in [1.29, 1.82) is 0 Å². The average molecular weight is 451 g/mol. The van der Waals surface area contributed by atoms with Gasteiger partial charge in [-0.1, -0.05) is 18.5 Å². The van der Waals surface area contributed by atoms with Crippen molar-refractivity contribution in [3.05, 3.63) is 22.8 Å². The Kier molecular flexibility index (Phi) is 7.81. The van der Waals surface area contributed by atoms with Gasteiger partial charge in [-0.3, -0.25) is 9.59 Å². The van der Waals surface area contributed by atoms with E-state index in [4.69, 9.17) is 16.3 Å². The number of halogens is 1. The number of amides is 2. The maximum atomic E-state index is 12.4. The predicted molar refractivity (Wildman–Crippen MR) is 123 cm³/mol. The topological polar surface area (TPSA) is 66.0 Å². The molecule has 1 unspecified atom stereocenters. The van der Waals surface area contributed by atoms with Crippen molar-refractivity contribution in [1.82, 2.24) is 14.8 Å². The van der Waals surface area contributed by atoms with Gasteiger partial charge in [-0.15, -0.1) is 0 Å². The second-order valence-electron chi connectivity index (χ2n) is 9.37. The van der Waals surface area contributed by atoms with Crippen molar-refractivity contribution >= 4 is 29.2 Å². The van der Waals surface area contributed by atoms with Crippen LogP contribution in [0.1, 0.15) is 55.8 Å². The van der Waals surface area contributed by atoms with Crippen molar-refractivity contribution < 1.29 is 14.3 Å². The zero-order chi connectivity index (χ0) is 22.6. The summed E-state index contributed by atoms with van der Waals surface area (Å²) in [7, 11) is 5.29. The molecule has 0 saturated carbocycles. The summed E-state index contributed by atoms with van der Waals surface area (Å²) in [5, 5.41) is 0.253. The SMILES string of the molecule is CN(C)C(=O)c1ccc(N2CCC(C)(CCCN(C)C(=O)C3CCCO3)CC2)nc1Cl. The van der Waals surface area contributed by atoms with Gasteiger partial charge in [-0.05, 0) is 56.1 Å². The fraction of sp³-hybridized carbons (Fsp3) is 0.696. The summed E-state index contributed by atoms with van der Waals surface area (Å²) in [4.78, 5) is 34.6. The van der Waals surface area contributed by atoms with E-state index in [1.807, 2.05) is 18.0 Å². The molecule has 3 rings (SSSR count). The summed E-state index contributed by atoms with van der Waals surface area (Å²) >= 11 is 6.29. The lowest BCUT2D eigenvalue weighted by Crippen LogP contribution is -2.40. The molecule has 3 heterocycles. The predicted octanol–water partition coefficient (Wildman–Crippen LogP) is 3.46. The van der Waals surface area contributed by atoms with Crippen LogP contribution >= 0.6 is 11.6 Å². The highest BCUT2D eigenvalue weighted by Gasteiger charge is 2.31. The monoisotopic (exact) mass is 450 g/mol. The van der Waals surface area contributed by atoms with Crippen LogP contribution in [0.3, 0.4) is 0 Å². The fourth-order valence-corrected chi connectivity index (χ4v) is 4.63. The molecule has 2 aliphatic rings. The molecule has 31 heavy (non-hydrogen) atoms. The molecule has 1 aromatic heterocycles. The van der Waals surface area contributed by atoms with Gasteiger partial charge in [-0.2, -0.15) is 0 Å². The van der Waals surface area contributed by atoms with Gasteiger partial charge < -0.3 is 19.4 Å². The Labute approximate surface area is 190 Å². The van der Waals surface area contributed by atoms with Crippen molar-refractivity contribution in [2.24, 2.45) is 5.41 Å². The van der Waals surface area contributed by atoms with Gasteiger partial charge in [0.1, 0.15) is 17.1 Å². The summed E-state index contributed by atoms with van der Waals surface area (Å²) in [5.41, 5.74) is 0.688. The molecule has 0 spiro atoms. The Bertz CT molecular complexity index is 787. The number of hydrogen-bond acceptors (Lipinski definition) is 5. The first kappa shape index (κ1) is 23.8. The number of nitrogens with zero attached hydrogens (tertiary/aromatic N) is 4. The van der Waals surface area contributed by atoms with Crippen molar-refractivity contribution in [3.8, 4) is 0 Å². The van der Waals surface area contributed by atoms with E-state index in [0.29, 0.717) is 12.2 Å². The van der Waals surface area contributed by atoms with E-state index >= 15 is 0 Å². The number of likely N-dealkylation sites (N-methyl/N-ethyl adjacent to an activating group) is 1. The largest absolute Gasteiger partial charge is 0.368 e. The minimum Gasteiger partial charge on any atom is -0.368 e. The maximum Gasteiger partial charge on any atom is 0.256 e. The molecular weight excluding hydrogens is 416 g/mol. The molecule has 7 nitrogen and oxygen atoms in total. The molecule has 0 radical (unpaired) electrons. The molecule has 0 bridgehead atoms. The lowest BCUT2D eigenvalue weighted by atomic mass is 9.76. The lowest BCUT2D eigenvalue weighted by molar-refractivity contribution is -0.139. The van der Waals surface area contributed by atoms with E-state index in [2.05, 4.69) is 16.8 Å². The second-order valence-corrected chi connectivity index (χ2v) is 9.73. The van der Waals surface area contributed by atoms with Crippen LogP contribution in [0, 0.1) is 5.41 Å². The first-order valence-electron chi connectivity index (χ1n) is 11.2. The van der Waals surface area contributed by atoms with Crippen molar-refractivity contribution in [2.45, 2.75) is 51.6 Å². The van der Waals surface area contributed by atoms with Crippen LogP contribution in [0.5, 0.6) is 0 Å². The number of anilines is 1. The number of hydrogen-bond donors (Lipinski definition) is 0. The van der Waals surface area contributed by atoms with Gasteiger partial charge in [0.25, 0.3) is 11.8 Å². The van der Waals surface area contributed by atoms with E-state index in [1.165, 1.54) is 4.90 Å². The first-order chi connectivity index (χ1) is 14.7. The highest BCUT2D eigenvalue weighted by molar-refractivity contribution is 6.32.